The number of hydrogen-bond acceptors (Lipinski definition) is 4. The predicted molar refractivity (Wildman–Crippen MR) is 98.3 cm³/mol. The minimum Gasteiger partial charge on any atom is -0.378 e. The van der Waals surface area contributed by atoms with E-state index in [0.29, 0.717) is 9.92 Å². The Labute approximate surface area is 146 Å². The van der Waals surface area contributed by atoms with Crippen molar-refractivity contribution in [1.82, 2.24) is 4.98 Å². The van der Waals surface area contributed by atoms with Crippen molar-refractivity contribution in [1.29, 1.82) is 0 Å². The molecule has 3 rings (SSSR count). The third-order valence-electron chi connectivity index (χ3n) is 3.89. The van der Waals surface area contributed by atoms with E-state index in [1.165, 1.54) is 6.26 Å². The van der Waals surface area contributed by atoms with Crippen LogP contribution in [-0.2, 0) is 9.84 Å². The Morgan fingerprint density at radius 3 is 2.46 bits per heavy atom. The van der Waals surface area contributed by atoms with Crippen molar-refractivity contribution in [2.24, 2.45) is 0 Å². The number of nitrogens with one attached hydrogen (secondary N) is 1. The largest absolute Gasteiger partial charge is 0.378 e. The van der Waals surface area contributed by atoms with Crippen molar-refractivity contribution in [3.05, 3.63) is 65.3 Å². The molecule has 4 nitrogen and oxygen atoms in total. The van der Waals surface area contributed by atoms with Gasteiger partial charge < -0.3 is 5.32 Å². The molecule has 24 heavy (non-hydrogen) atoms. The van der Waals surface area contributed by atoms with Crippen molar-refractivity contribution >= 4 is 38.0 Å². The first-order chi connectivity index (χ1) is 11.3. The number of hydrogen-bond donors (Lipinski definition) is 1. The second-order valence-electron chi connectivity index (χ2n) is 5.73. The SMILES string of the molecule is CC(Nc1ccnc2cc(Cl)ccc12)c1ccc(S(C)(=O)=O)cc1. The molecule has 2 aromatic carbocycles. The third kappa shape index (κ3) is 3.52. The zero-order valence-corrected chi connectivity index (χ0v) is 14.9. The summed E-state index contributed by atoms with van der Waals surface area (Å²) in [6, 6.07) is 14.4. The summed E-state index contributed by atoms with van der Waals surface area (Å²) in [6.07, 6.45) is 2.94. The van der Waals surface area contributed by atoms with Gasteiger partial charge in [-0.15, -0.1) is 0 Å². The van der Waals surface area contributed by atoms with E-state index >= 15 is 0 Å². The maximum Gasteiger partial charge on any atom is 0.175 e. The van der Waals surface area contributed by atoms with Gasteiger partial charge in [0.1, 0.15) is 0 Å². The van der Waals surface area contributed by atoms with Crippen molar-refractivity contribution in [2.45, 2.75) is 17.9 Å². The Morgan fingerprint density at radius 1 is 1.08 bits per heavy atom. The molecule has 0 radical (unpaired) electrons. The number of aromatic nitrogens is 1. The van der Waals surface area contributed by atoms with Crippen LogP contribution in [0.2, 0.25) is 5.02 Å². The van der Waals surface area contributed by atoms with Crippen LogP contribution in [0, 0.1) is 0 Å². The molecule has 0 aliphatic rings. The van der Waals surface area contributed by atoms with Gasteiger partial charge in [-0.3, -0.25) is 4.98 Å². The van der Waals surface area contributed by atoms with Crippen LogP contribution >= 0.6 is 11.6 Å². The standard InChI is InChI=1S/C18H17ClN2O2S/c1-12(13-3-6-15(7-4-13)24(2,22)23)21-17-9-10-20-18-11-14(19)5-8-16(17)18/h3-12H,1-2H3,(H,20,21). The van der Waals surface area contributed by atoms with Gasteiger partial charge in [0.05, 0.1) is 10.4 Å². The molecule has 124 valence electrons. The van der Waals surface area contributed by atoms with Crippen molar-refractivity contribution in [3.8, 4) is 0 Å². The van der Waals surface area contributed by atoms with Gasteiger partial charge in [-0.25, -0.2) is 8.42 Å². The van der Waals surface area contributed by atoms with E-state index in [4.69, 9.17) is 11.6 Å². The van der Waals surface area contributed by atoms with Crippen molar-refractivity contribution in [2.75, 3.05) is 11.6 Å². The van der Waals surface area contributed by atoms with Crippen LogP contribution in [0.25, 0.3) is 10.9 Å². The maximum atomic E-state index is 11.5. The van der Waals surface area contributed by atoms with Gasteiger partial charge >= 0.3 is 0 Å². The molecular weight excluding hydrogens is 344 g/mol. The molecule has 1 heterocycles. The van der Waals surface area contributed by atoms with E-state index in [1.54, 1.807) is 18.3 Å². The van der Waals surface area contributed by atoms with Crippen LogP contribution in [0.3, 0.4) is 0 Å². The first-order valence-corrected chi connectivity index (χ1v) is 9.72. The summed E-state index contributed by atoms with van der Waals surface area (Å²) >= 11 is 6.01. The average molecular weight is 361 g/mol. The summed E-state index contributed by atoms with van der Waals surface area (Å²) in [6.45, 7) is 2.03. The Hall–Kier alpha value is -2.11. The number of sulfone groups is 1. The lowest BCUT2D eigenvalue weighted by Gasteiger charge is -2.17. The molecule has 0 spiro atoms. The van der Waals surface area contributed by atoms with Gasteiger partial charge in [-0.05, 0) is 48.9 Å². The van der Waals surface area contributed by atoms with Gasteiger partial charge in [0, 0.05) is 34.6 Å². The number of pyridine rings is 1. The lowest BCUT2D eigenvalue weighted by molar-refractivity contribution is 0.602. The first kappa shape index (κ1) is 16.7. The first-order valence-electron chi connectivity index (χ1n) is 7.45. The molecule has 6 heteroatoms. The second-order valence-corrected chi connectivity index (χ2v) is 8.18. The molecule has 1 aromatic heterocycles. The zero-order chi connectivity index (χ0) is 17.3. The van der Waals surface area contributed by atoms with Crippen LogP contribution < -0.4 is 5.32 Å². The second kappa shape index (κ2) is 6.42. The van der Waals surface area contributed by atoms with E-state index in [-0.39, 0.29) is 6.04 Å². The quantitative estimate of drug-likeness (QED) is 0.746. The summed E-state index contributed by atoms with van der Waals surface area (Å²) in [5.74, 6) is 0. The predicted octanol–water partition coefficient (Wildman–Crippen LogP) is 4.46. The van der Waals surface area contributed by atoms with Gasteiger partial charge in [0.2, 0.25) is 0 Å². The molecule has 1 atom stereocenters. The van der Waals surface area contributed by atoms with E-state index in [9.17, 15) is 8.42 Å². The van der Waals surface area contributed by atoms with E-state index < -0.39 is 9.84 Å². The summed E-state index contributed by atoms with van der Waals surface area (Å²) in [7, 11) is -3.18. The van der Waals surface area contributed by atoms with E-state index in [0.717, 1.165) is 22.2 Å². The van der Waals surface area contributed by atoms with Crippen molar-refractivity contribution in [3.63, 3.8) is 0 Å². The highest BCUT2D eigenvalue weighted by atomic mass is 35.5. The summed E-state index contributed by atoms with van der Waals surface area (Å²) in [4.78, 5) is 4.65. The molecule has 3 aromatic rings. The Morgan fingerprint density at radius 2 is 1.79 bits per heavy atom. The van der Waals surface area contributed by atoms with Crippen LogP contribution in [0.15, 0.2) is 59.6 Å². The Balaban J connectivity index is 1.88. The van der Waals surface area contributed by atoms with Crippen LogP contribution in [-0.4, -0.2) is 19.7 Å². The maximum absolute atomic E-state index is 11.5. The number of fused-ring (bicyclic) bond motifs is 1. The number of anilines is 1. The molecule has 0 fully saturated rings. The molecule has 0 aliphatic carbocycles. The molecule has 0 amide bonds. The summed E-state index contributed by atoms with van der Waals surface area (Å²) in [5, 5.41) is 5.08. The lowest BCUT2D eigenvalue weighted by Crippen LogP contribution is -2.07. The highest BCUT2D eigenvalue weighted by molar-refractivity contribution is 7.90. The van der Waals surface area contributed by atoms with Crippen LogP contribution in [0.5, 0.6) is 0 Å². The molecule has 0 bridgehead atoms. The molecule has 0 saturated heterocycles. The van der Waals surface area contributed by atoms with Crippen LogP contribution in [0.1, 0.15) is 18.5 Å². The van der Waals surface area contributed by atoms with E-state index in [2.05, 4.69) is 10.3 Å². The Bertz CT molecular complexity index is 986. The van der Waals surface area contributed by atoms with Gasteiger partial charge in [-0.2, -0.15) is 0 Å². The minimum absolute atomic E-state index is 0.0138. The monoisotopic (exact) mass is 360 g/mol. The molecule has 0 saturated carbocycles. The number of halogens is 1. The number of rotatable bonds is 4. The number of benzene rings is 2. The zero-order valence-electron chi connectivity index (χ0n) is 13.3. The summed E-state index contributed by atoms with van der Waals surface area (Å²) in [5.41, 5.74) is 2.78. The normalized spacial score (nSPS) is 13.0. The lowest BCUT2D eigenvalue weighted by atomic mass is 10.1. The molecular formula is C18H17ClN2O2S. The minimum atomic E-state index is -3.18. The molecule has 0 aliphatic heterocycles. The smallest absolute Gasteiger partial charge is 0.175 e. The number of nitrogens with zero attached hydrogens (tertiary/aromatic N) is 1. The highest BCUT2D eigenvalue weighted by Crippen LogP contribution is 2.28. The fraction of sp³-hybridized carbons (Fsp3) is 0.167. The van der Waals surface area contributed by atoms with Gasteiger partial charge in [0.25, 0.3) is 0 Å². The van der Waals surface area contributed by atoms with Gasteiger partial charge in [0.15, 0.2) is 9.84 Å². The van der Waals surface area contributed by atoms with E-state index in [1.807, 2.05) is 43.3 Å². The van der Waals surface area contributed by atoms with Crippen molar-refractivity contribution < 1.29 is 8.42 Å². The topological polar surface area (TPSA) is 59.1 Å². The average Bonchev–Trinajstić information content (AvgIpc) is 2.54. The van der Waals surface area contributed by atoms with Gasteiger partial charge in [-0.1, -0.05) is 23.7 Å². The Kier molecular flexibility index (Phi) is 4.47. The fourth-order valence-corrected chi connectivity index (χ4v) is 3.36. The third-order valence-corrected chi connectivity index (χ3v) is 5.25. The molecule has 1 N–H and O–H groups in total. The summed E-state index contributed by atoms with van der Waals surface area (Å²) < 4.78 is 23.1. The fourth-order valence-electron chi connectivity index (χ4n) is 2.57. The molecule has 1 unspecified atom stereocenters. The highest BCUT2D eigenvalue weighted by Gasteiger charge is 2.11. The van der Waals surface area contributed by atoms with Crippen LogP contribution in [0.4, 0.5) is 5.69 Å².